The summed E-state index contributed by atoms with van der Waals surface area (Å²) >= 11 is 1.71. The van der Waals surface area contributed by atoms with Crippen molar-refractivity contribution in [2.75, 3.05) is 13.1 Å². The van der Waals surface area contributed by atoms with Gasteiger partial charge >= 0.3 is 5.97 Å². The van der Waals surface area contributed by atoms with Gasteiger partial charge in [0.15, 0.2) is 0 Å². The maximum absolute atomic E-state index is 12.3. The zero-order chi connectivity index (χ0) is 17.8. The Labute approximate surface area is 150 Å². The van der Waals surface area contributed by atoms with E-state index in [9.17, 15) is 9.59 Å². The minimum absolute atomic E-state index is 0.00363. The Hall–Kier alpha value is -2.47. The molecule has 1 amide bonds. The molecule has 0 saturated carbocycles. The molecule has 0 radical (unpaired) electrons. The summed E-state index contributed by atoms with van der Waals surface area (Å²) in [5.41, 5.74) is 2.12. The summed E-state index contributed by atoms with van der Waals surface area (Å²) in [7, 11) is 0. The maximum Gasteiger partial charge on any atom is 0.335 e. The van der Waals surface area contributed by atoms with Crippen molar-refractivity contribution in [1.29, 1.82) is 0 Å². The quantitative estimate of drug-likeness (QED) is 0.850. The Morgan fingerprint density at radius 1 is 1.24 bits per heavy atom. The number of nitrogens with zero attached hydrogens (tertiary/aromatic N) is 2. The second-order valence-electron chi connectivity index (χ2n) is 6.19. The highest BCUT2D eigenvalue weighted by atomic mass is 32.1. The average molecular weight is 356 g/mol. The van der Waals surface area contributed by atoms with Crippen LogP contribution in [0.25, 0.3) is 6.08 Å². The van der Waals surface area contributed by atoms with Gasteiger partial charge in [0.2, 0.25) is 5.91 Å². The number of likely N-dealkylation sites (tertiary alicyclic amines) is 1. The van der Waals surface area contributed by atoms with Crippen LogP contribution in [-0.4, -0.2) is 40.0 Å². The minimum atomic E-state index is -0.954. The van der Waals surface area contributed by atoms with E-state index in [1.54, 1.807) is 35.6 Å². The fourth-order valence-corrected chi connectivity index (χ4v) is 3.89. The molecule has 2 heterocycles. The number of carboxylic acids is 1. The summed E-state index contributed by atoms with van der Waals surface area (Å²) < 4.78 is 0. The molecule has 6 heteroatoms. The lowest BCUT2D eigenvalue weighted by atomic mass is 9.97. The molecule has 1 aliphatic rings. The Morgan fingerprint density at radius 3 is 2.48 bits per heavy atom. The van der Waals surface area contributed by atoms with Crippen LogP contribution in [0.2, 0.25) is 0 Å². The van der Waals surface area contributed by atoms with Gasteiger partial charge in [-0.1, -0.05) is 12.1 Å². The zero-order valence-corrected chi connectivity index (χ0v) is 14.8. The first-order chi connectivity index (χ1) is 12.0. The van der Waals surface area contributed by atoms with E-state index < -0.39 is 5.97 Å². The Morgan fingerprint density at radius 2 is 1.92 bits per heavy atom. The number of thiazole rings is 1. The molecule has 1 aromatic carbocycles. The number of carbonyl (C=O) groups is 2. The molecular formula is C19H20N2O3S. The van der Waals surface area contributed by atoms with Gasteiger partial charge in [0.1, 0.15) is 0 Å². The Bertz CT molecular complexity index is 787. The lowest BCUT2D eigenvalue weighted by Gasteiger charge is -2.30. The van der Waals surface area contributed by atoms with Gasteiger partial charge in [-0.2, -0.15) is 0 Å². The number of aryl methyl sites for hydroxylation is 1. The van der Waals surface area contributed by atoms with Gasteiger partial charge in [0.05, 0.1) is 10.6 Å². The predicted molar refractivity (Wildman–Crippen MR) is 97.8 cm³/mol. The molecule has 0 bridgehead atoms. The molecule has 0 unspecified atom stereocenters. The summed E-state index contributed by atoms with van der Waals surface area (Å²) in [4.78, 5) is 29.6. The van der Waals surface area contributed by atoms with E-state index in [4.69, 9.17) is 5.11 Å². The van der Waals surface area contributed by atoms with Crippen molar-refractivity contribution in [1.82, 2.24) is 9.88 Å². The molecule has 5 nitrogen and oxygen atoms in total. The summed E-state index contributed by atoms with van der Waals surface area (Å²) in [6.07, 6.45) is 5.17. The monoisotopic (exact) mass is 356 g/mol. The van der Waals surface area contributed by atoms with Crippen LogP contribution in [-0.2, 0) is 4.79 Å². The number of hydrogen-bond donors (Lipinski definition) is 1. The van der Waals surface area contributed by atoms with E-state index in [1.165, 1.54) is 17.1 Å². The molecule has 2 aromatic rings. The van der Waals surface area contributed by atoms with Gasteiger partial charge in [0, 0.05) is 36.2 Å². The number of piperidine rings is 1. The first kappa shape index (κ1) is 17.4. The molecule has 1 saturated heterocycles. The molecule has 1 N–H and O–H groups in total. The smallest absolute Gasteiger partial charge is 0.335 e. The van der Waals surface area contributed by atoms with Crippen LogP contribution in [0.15, 0.2) is 35.7 Å². The molecule has 0 spiro atoms. The topological polar surface area (TPSA) is 70.5 Å². The number of aromatic carboxylic acids is 1. The van der Waals surface area contributed by atoms with E-state index in [0.29, 0.717) is 5.92 Å². The van der Waals surface area contributed by atoms with Gasteiger partial charge in [-0.3, -0.25) is 4.79 Å². The van der Waals surface area contributed by atoms with Crippen LogP contribution in [0, 0.1) is 6.92 Å². The molecule has 1 fully saturated rings. The highest BCUT2D eigenvalue weighted by molar-refractivity contribution is 7.09. The fraction of sp³-hybridized carbons (Fsp3) is 0.316. The summed E-state index contributed by atoms with van der Waals surface area (Å²) in [5, 5.41) is 12.1. The molecule has 25 heavy (non-hydrogen) atoms. The lowest BCUT2D eigenvalue weighted by Crippen LogP contribution is -2.36. The third kappa shape index (κ3) is 4.33. The first-order valence-corrected chi connectivity index (χ1v) is 9.13. The van der Waals surface area contributed by atoms with Gasteiger partial charge in [-0.15, -0.1) is 11.3 Å². The SMILES string of the molecule is Cc1csc(C2CCN(C(=O)/C=C/c3ccc(C(=O)O)cc3)CC2)n1. The highest BCUT2D eigenvalue weighted by Crippen LogP contribution is 2.30. The number of rotatable bonds is 4. The molecule has 0 atom stereocenters. The normalized spacial score (nSPS) is 15.6. The highest BCUT2D eigenvalue weighted by Gasteiger charge is 2.24. The molecule has 3 rings (SSSR count). The molecule has 1 aromatic heterocycles. The molecule has 0 aliphatic carbocycles. The zero-order valence-electron chi connectivity index (χ0n) is 14.0. The van der Waals surface area contributed by atoms with Crippen molar-refractivity contribution in [3.63, 3.8) is 0 Å². The van der Waals surface area contributed by atoms with Gasteiger partial charge < -0.3 is 10.0 Å². The van der Waals surface area contributed by atoms with E-state index in [-0.39, 0.29) is 11.5 Å². The Kier molecular flexibility index (Phi) is 5.28. The van der Waals surface area contributed by atoms with Crippen LogP contribution in [0.5, 0.6) is 0 Å². The number of benzene rings is 1. The van der Waals surface area contributed by atoms with E-state index in [0.717, 1.165) is 37.2 Å². The largest absolute Gasteiger partial charge is 0.478 e. The van der Waals surface area contributed by atoms with E-state index >= 15 is 0 Å². The van der Waals surface area contributed by atoms with Crippen LogP contribution in [0.3, 0.4) is 0 Å². The van der Waals surface area contributed by atoms with E-state index in [2.05, 4.69) is 10.4 Å². The third-order valence-electron chi connectivity index (χ3n) is 4.37. The summed E-state index contributed by atoms with van der Waals surface area (Å²) in [5.74, 6) is -0.503. The fourth-order valence-electron chi connectivity index (χ4n) is 2.92. The summed E-state index contributed by atoms with van der Waals surface area (Å²) in [6.45, 7) is 3.49. The maximum atomic E-state index is 12.3. The number of amides is 1. The molecule has 130 valence electrons. The Balaban J connectivity index is 1.54. The van der Waals surface area contributed by atoms with Crippen LogP contribution in [0.1, 0.15) is 45.4 Å². The second kappa shape index (κ2) is 7.61. The van der Waals surface area contributed by atoms with Gasteiger partial charge in [-0.25, -0.2) is 9.78 Å². The third-order valence-corrected chi connectivity index (χ3v) is 5.49. The van der Waals surface area contributed by atoms with Crippen molar-refractivity contribution in [3.05, 3.63) is 57.6 Å². The predicted octanol–water partition coefficient (Wildman–Crippen LogP) is 3.57. The van der Waals surface area contributed by atoms with Crippen LogP contribution in [0.4, 0.5) is 0 Å². The standard InChI is InChI=1S/C19H20N2O3S/c1-13-12-25-18(20-13)15-8-10-21(11-9-15)17(22)7-4-14-2-5-16(6-3-14)19(23)24/h2-7,12,15H,8-11H2,1H3,(H,23,24)/b7-4+. The van der Waals surface area contributed by atoms with Crippen molar-refractivity contribution >= 4 is 29.3 Å². The van der Waals surface area contributed by atoms with Crippen LogP contribution >= 0.6 is 11.3 Å². The average Bonchev–Trinajstić information content (AvgIpc) is 3.06. The van der Waals surface area contributed by atoms with Gasteiger partial charge in [0.25, 0.3) is 0 Å². The second-order valence-corrected chi connectivity index (χ2v) is 7.08. The van der Waals surface area contributed by atoms with Crippen molar-refractivity contribution in [2.45, 2.75) is 25.7 Å². The molecule has 1 aliphatic heterocycles. The lowest BCUT2D eigenvalue weighted by molar-refractivity contribution is -0.126. The number of carbonyl (C=O) groups excluding carboxylic acids is 1. The number of aromatic nitrogens is 1. The van der Waals surface area contributed by atoms with E-state index in [1.807, 2.05) is 11.8 Å². The minimum Gasteiger partial charge on any atom is -0.478 e. The van der Waals surface area contributed by atoms with Crippen molar-refractivity contribution < 1.29 is 14.7 Å². The van der Waals surface area contributed by atoms with Crippen molar-refractivity contribution in [2.24, 2.45) is 0 Å². The van der Waals surface area contributed by atoms with Crippen LogP contribution < -0.4 is 0 Å². The van der Waals surface area contributed by atoms with Gasteiger partial charge in [-0.05, 0) is 43.5 Å². The summed E-state index contributed by atoms with van der Waals surface area (Å²) in [6, 6.07) is 6.47. The number of carboxylic acid groups (broad SMARTS) is 1. The molecular weight excluding hydrogens is 336 g/mol. The van der Waals surface area contributed by atoms with Crippen molar-refractivity contribution in [3.8, 4) is 0 Å². The number of hydrogen-bond acceptors (Lipinski definition) is 4. The first-order valence-electron chi connectivity index (χ1n) is 8.25.